The Balaban J connectivity index is 3.08. The largest absolute Gasteiger partial charge is 0.456 e. The Kier molecular flexibility index (Phi) is 6.03. The lowest BCUT2D eigenvalue weighted by atomic mass is 9.96. The molecule has 0 aromatic heterocycles. The fourth-order valence-electron chi connectivity index (χ4n) is 2.10. The van der Waals surface area contributed by atoms with Crippen LogP contribution in [0.2, 0.25) is 0 Å². The van der Waals surface area contributed by atoms with E-state index in [0.717, 1.165) is 13.8 Å². The van der Waals surface area contributed by atoms with Crippen LogP contribution >= 0.6 is 0 Å². The lowest BCUT2D eigenvalue weighted by Gasteiger charge is -2.42. The number of halogens is 1. The number of alkyl halides is 1. The van der Waals surface area contributed by atoms with E-state index in [1.165, 1.54) is 6.92 Å². The number of aliphatic hydroxyl groups is 1. The number of carbonyl (C=O) groups excluding carboxylic acids is 3. The van der Waals surface area contributed by atoms with Crippen LogP contribution in [0.5, 0.6) is 0 Å². The van der Waals surface area contributed by atoms with Crippen molar-refractivity contribution in [1.29, 1.82) is 0 Å². The van der Waals surface area contributed by atoms with Crippen LogP contribution < -0.4 is 5.32 Å². The van der Waals surface area contributed by atoms with Gasteiger partial charge in [0.05, 0.1) is 0 Å². The molecule has 0 aromatic carbocycles. The van der Waals surface area contributed by atoms with Gasteiger partial charge >= 0.3 is 11.9 Å². The van der Waals surface area contributed by atoms with Gasteiger partial charge in [0.15, 0.2) is 18.5 Å². The molecule has 8 nitrogen and oxygen atoms in total. The van der Waals surface area contributed by atoms with Gasteiger partial charge in [-0.25, -0.2) is 4.39 Å². The van der Waals surface area contributed by atoms with Crippen LogP contribution in [0.25, 0.3) is 0 Å². The number of aliphatic hydroxyl groups excluding tert-OH is 1. The van der Waals surface area contributed by atoms with Gasteiger partial charge < -0.3 is 24.6 Å². The van der Waals surface area contributed by atoms with Crippen molar-refractivity contribution < 1.29 is 38.1 Å². The minimum atomic E-state index is -1.61. The number of ether oxygens (including phenoxy) is 3. The highest BCUT2D eigenvalue weighted by atomic mass is 19.1. The fraction of sp³-hybridized carbons (Fsp3) is 0.750. The first kappa shape index (κ1) is 17.3. The molecule has 0 unspecified atom stereocenters. The van der Waals surface area contributed by atoms with Crippen LogP contribution in [0, 0.1) is 0 Å². The van der Waals surface area contributed by atoms with Gasteiger partial charge in [-0.2, -0.15) is 0 Å². The summed E-state index contributed by atoms with van der Waals surface area (Å²) in [7, 11) is 0. The highest BCUT2D eigenvalue weighted by molar-refractivity contribution is 5.73. The first-order chi connectivity index (χ1) is 9.76. The molecule has 0 bridgehead atoms. The van der Waals surface area contributed by atoms with Crippen molar-refractivity contribution in [3.05, 3.63) is 0 Å². The minimum Gasteiger partial charge on any atom is -0.456 e. The monoisotopic (exact) mass is 307 g/mol. The molecule has 1 fully saturated rings. The van der Waals surface area contributed by atoms with E-state index < -0.39 is 55.2 Å². The van der Waals surface area contributed by atoms with Crippen molar-refractivity contribution in [2.24, 2.45) is 0 Å². The molecule has 1 heterocycles. The number of nitrogens with one attached hydrogen (secondary N) is 1. The van der Waals surface area contributed by atoms with Crippen LogP contribution in [0.4, 0.5) is 4.39 Å². The third-order valence-electron chi connectivity index (χ3n) is 2.79. The van der Waals surface area contributed by atoms with Crippen molar-refractivity contribution in [2.45, 2.75) is 51.4 Å². The van der Waals surface area contributed by atoms with Crippen LogP contribution in [-0.4, -0.2) is 60.3 Å². The molecule has 2 N–H and O–H groups in total. The van der Waals surface area contributed by atoms with Crippen molar-refractivity contribution in [2.75, 3.05) is 6.67 Å². The van der Waals surface area contributed by atoms with Gasteiger partial charge in [0.2, 0.25) is 5.91 Å². The number of carbonyl (C=O) groups is 3. The molecular weight excluding hydrogens is 289 g/mol. The summed E-state index contributed by atoms with van der Waals surface area (Å²) >= 11 is 0. The van der Waals surface area contributed by atoms with Crippen molar-refractivity contribution in [1.82, 2.24) is 5.32 Å². The number of esters is 2. The standard InChI is InChI=1S/C12H18FNO7/c1-5(15)14-9-11(20-7(3)17)10(19-6(2)16)8(4-13)21-12(9)18/h8-12,18H,4H2,1-3H3,(H,14,15)/t8-,9-,10-,11-,12-/m1/s1. The summed E-state index contributed by atoms with van der Waals surface area (Å²) in [6.45, 7) is 2.31. The van der Waals surface area contributed by atoms with E-state index >= 15 is 0 Å². The third-order valence-corrected chi connectivity index (χ3v) is 2.79. The van der Waals surface area contributed by atoms with Crippen molar-refractivity contribution in [3.63, 3.8) is 0 Å². The van der Waals surface area contributed by atoms with E-state index in [-0.39, 0.29) is 0 Å². The molecule has 0 radical (unpaired) electrons. The van der Waals surface area contributed by atoms with Crippen LogP contribution in [-0.2, 0) is 28.6 Å². The topological polar surface area (TPSA) is 111 Å². The molecule has 1 rings (SSSR count). The predicted octanol–water partition coefficient (Wildman–Crippen LogP) is -0.959. The fourth-order valence-corrected chi connectivity index (χ4v) is 2.10. The average Bonchev–Trinajstić information content (AvgIpc) is 2.35. The van der Waals surface area contributed by atoms with Crippen molar-refractivity contribution in [3.8, 4) is 0 Å². The van der Waals surface area contributed by atoms with Crippen molar-refractivity contribution >= 4 is 17.8 Å². The van der Waals surface area contributed by atoms with Gasteiger partial charge in [0, 0.05) is 20.8 Å². The van der Waals surface area contributed by atoms with E-state index in [4.69, 9.17) is 14.2 Å². The summed E-state index contributed by atoms with van der Waals surface area (Å²) in [6.07, 6.45) is -5.46. The molecule has 5 atom stereocenters. The molecule has 1 aliphatic rings. The predicted molar refractivity (Wildman–Crippen MR) is 65.6 cm³/mol. The molecule has 1 saturated heterocycles. The highest BCUT2D eigenvalue weighted by Crippen LogP contribution is 2.26. The normalized spacial score (nSPS) is 32.1. The molecule has 120 valence electrons. The summed E-state index contributed by atoms with van der Waals surface area (Å²) < 4.78 is 27.9. The van der Waals surface area contributed by atoms with E-state index in [2.05, 4.69) is 5.32 Å². The molecule has 0 aromatic rings. The quantitative estimate of drug-likeness (QED) is 0.643. The summed E-state index contributed by atoms with van der Waals surface area (Å²) in [4.78, 5) is 33.5. The number of rotatable bonds is 4. The zero-order valence-electron chi connectivity index (χ0n) is 11.9. The van der Waals surface area contributed by atoms with E-state index in [1.807, 2.05) is 0 Å². The maximum Gasteiger partial charge on any atom is 0.303 e. The first-order valence-corrected chi connectivity index (χ1v) is 6.27. The number of hydrogen-bond acceptors (Lipinski definition) is 7. The summed E-state index contributed by atoms with van der Waals surface area (Å²) in [5.74, 6) is -2.00. The zero-order chi connectivity index (χ0) is 16.2. The van der Waals surface area contributed by atoms with E-state index in [0.29, 0.717) is 0 Å². The number of amides is 1. The molecule has 1 aliphatic heterocycles. The lowest BCUT2D eigenvalue weighted by molar-refractivity contribution is -0.259. The van der Waals surface area contributed by atoms with Crippen LogP contribution in [0.15, 0.2) is 0 Å². The molecular formula is C12H18FNO7. The molecule has 1 amide bonds. The molecule has 0 saturated carbocycles. The Morgan fingerprint density at radius 3 is 2.10 bits per heavy atom. The van der Waals surface area contributed by atoms with Gasteiger partial charge in [-0.05, 0) is 0 Å². The summed E-state index contributed by atoms with van der Waals surface area (Å²) in [5.41, 5.74) is 0. The molecule has 0 aliphatic carbocycles. The Morgan fingerprint density at radius 2 is 1.67 bits per heavy atom. The minimum absolute atomic E-state index is 0.528. The lowest BCUT2D eigenvalue weighted by Crippen LogP contribution is -2.65. The molecule has 0 spiro atoms. The Hall–Kier alpha value is -1.74. The van der Waals surface area contributed by atoms with Crippen LogP contribution in [0.3, 0.4) is 0 Å². The van der Waals surface area contributed by atoms with Crippen LogP contribution in [0.1, 0.15) is 20.8 Å². The Labute approximate surface area is 120 Å². The van der Waals surface area contributed by atoms with E-state index in [9.17, 15) is 23.9 Å². The second kappa shape index (κ2) is 7.32. The second-order valence-electron chi connectivity index (χ2n) is 4.59. The van der Waals surface area contributed by atoms with Gasteiger partial charge in [0.25, 0.3) is 0 Å². The Morgan fingerprint density at radius 1 is 1.14 bits per heavy atom. The average molecular weight is 307 g/mol. The summed E-state index contributed by atoms with van der Waals surface area (Å²) in [6, 6.07) is -1.18. The first-order valence-electron chi connectivity index (χ1n) is 6.27. The second-order valence-corrected chi connectivity index (χ2v) is 4.59. The molecule has 9 heteroatoms. The summed E-state index contributed by atoms with van der Waals surface area (Å²) in [5, 5.41) is 12.1. The smallest absolute Gasteiger partial charge is 0.303 e. The van der Waals surface area contributed by atoms with E-state index in [1.54, 1.807) is 0 Å². The molecule has 21 heavy (non-hydrogen) atoms. The third kappa shape index (κ3) is 4.64. The maximum atomic E-state index is 13.0. The maximum absolute atomic E-state index is 13.0. The SMILES string of the molecule is CC(=O)N[C@@H]1[C@@H](OC(C)=O)[C@H](OC(C)=O)[C@@H](CF)O[C@H]1O. The van der Waals surface area contributed by atoms with Gasteiger partial charge in [0.1, 0.15) is 18.8 Å². The highest BCUT2D eigenvalue weighted by Gasteiger charge is 2.49. The van der Waals surface area contributed by atoms with Gasteiger partial charge in [-0.15, -0.1) is 0 Å². The number of hydrogen-bond donors (Lipinski definition) is 2. The Bertz CT molecular complexity index is 416. The van der Waals surface area contributed by atoms with Gasteiger partial charge in [-0.1, -0.05) is 0 Å². The zero-order valence-corrected chi connectivity index (χ0v) is 11.9. The van der Waals surface area contributed by atoms with Gasteiger partial charge in [-0.3, -0.25) is 14.4 Å².